The summed E-state index contributed by atoms with van der Waals surface area (Å²) < 4.78 is 0. The molecule has 2 aromatic rings. The summed E-state index contributed by atoms with van der Waals surface area (Å²) in [6.07, 6.45) is 10.0. The fraction of sp³-hybridized carbons (Fsp3) is 0.529. The van der Waals surface area contributed by atoms with Crippen LogP contribution in [0.2, 0.25) is 0 Å². The van der Waals surface area contributed by atoms with Crippen molar-refractivity contribution in [2.75, 3.05) is 13.1 Å². The molecule has 0 unspecified atom stereocenters. The molecule has 2 aromatic heterocycles. The quantitative estimate of drug-likeness (QED) is 0.363. The third-order valence-corrected chi connectivity index (χ3v) is 4.03. The maximum Gasteiger partial charge on any atom is 0.220 e. The van der Waals surface area contributed by atoms with E-state index in [1.807, 2.05) is 0 Å². The zero-order valence-electron chi connectivity index (χ0n) is 14.8. The van der Waals surface area contributed by atoms with E-state index in [1.54, 1.807) is 25.0 Å². The lowest BCUT2D eigenvalue weighted by Gasteiger charge is -2.11. The van der Waals surface area contributed by atoms with Crippen molar-refractivity contribution in [2.24, 2.45) is 5.73 Å². The van der Waals surface area contributed by atoms with Crippen molar-refractivity contribution in [1.82, 2.24) is 30.6 Å². The van der Waals surface area contributed by atoms with Gasteiger partial charge in [0.15, 0.2) is 0 Å². The second kappa shape index (κ2) is 11.0. The topological polar surface area (TPSA) is 142 Å². The molecule has 0 aliphatic heterocycles. The van der Waals surface area contributed by atoms with E-state index in [2.05, 4.69) is 30.6 Å². The van der Waals surface area contributed by atoms with Gasteiger partial charge < -0.3 is 26.3 Å². The van der Waals surface area contributed by atoms with Gasteiger partial charge in [-0.3, -0.25) is 9.59 Å². The molecular formula is C17H27N7O2. The minimum Gasteiger partial charge on any atom is -0.356 e. The highest BCUT2D eigenvalue weighted by molar-refractivity contribution is 5.76. The lowest BCUT2D eigenvalue weighted by atomic mass is 10.1. The Morgan fingerprint density at radius 3 is 1.77 bits per heavy atom. The van der Waals surface area contributed by atoms with Gasteiger partial charge in [-0.2, -0.15) is 0 Å². The smallest absolute Gasteiger partial charge is 0.220 e. The Morgan fingerprint density at radius 2 is 1.38 bits per heavy atom. The predicted octanol–water partition coefficient (Wildman–Crippen LogP) is 0.0381. The zero-order valence-corrected chi connectivity index (χ0v) is 14.8. The number of carbonyl (C=O) groups excluding carboxylic acids is 2. The molecule has 142 valence electrons. The fourth-order valence-corrected chi connectivity index (χ4v) is 2.47. The van der Waals surface area contributed by atoms with E-state index in [-0.39, 0.29) is 17.9 Å². The van der Waals surface area contributed by atoms with Gasteiger partial charge in [0.1, 0.15) is 0 Å². The number of rotatable bonds is 12. The largest absolute Gasteiger partial charge is 0.356 e. The van der Waals surface area contributed by atoms with Crippen LogP contribution in [-0.2, 0) is 22.4 Å². The van der Waals surface area contributed by atoms with E-state index in [1.165, 1.54) is 0 Å². The summed E-state index contributed by atoms with van der Waals surface area (Å²) in [6, 6.07) is -0.160. The summed E-state index contributed by atoms with van der Waals surface area (Å²) in [5, 5.41) is 5.71. The highest BCUT2D eigenvalue weighted by atomic mass is 16.2. The second-order valence-corrected chi connectivity index (χ2v) is 6.19. The number of hydrogen-bond acceptors (Lipinski definition) is 5. The third-order valence-electron chi connectivity index (χ3n) is 4.03. The minimum atomic E-state index is -0.160. The second-order valence-electron chi connectivity index (χ2n) is 6.19. The van der Waals surface area contributed by atoms with Crippen molar-refractivity contribution in [2.45, 2.75) is 44.6 Å². The molecule has 0 bridgehead atoms. The molecule has 2 heterocycles. The summed E-state index contributed by atoms with van der Waals surface area (Å²) in [6.45, 7) is 1.13. The van der Waals surface area contributed by atoms with Crippen molar-refractivity contribution >= 4 is 11.8 Å². The molecule has 0 saturated heterocycles. The Bertz CT molecular complexity index is 584. The lowest BCUT2D eigenvalue weighted by Crippen LogP contribution is -2.30. The fourth-order valence-electron chi connectivity index (χ4n) is 2.47. The first-order chi connectivity index (χ1) is 12.6. The van der Waals surface area contributed by atoms with Crippen LogP contribution < -0.4 is 16.4 Å². The van der Waals surface area contributed by atoms with Crippen LogP contribution in [0.4, 0.5) is 0 Å². The molecule has 6 N–H and O–H groups in total. The average molecular weight is 361 g/mol. The highest BCUT2D eigenvalue weighted by Gasteiger charge is 2.10. The van der Waals surface area contributed by atoms with Crippen molar-refractivity contribution in [3.63, 3.8) is 0 Å². The zero-order chi connectivity index (χ0) is 18.6. The van der Waals surface area contributed by atoms with Crippen LogP contribution in [0.3, 0.4) is 0 Å². The van der Waals surface area contributed by atoms with Crippen molar-refractivity contribution in [3.05, 3.63) is 36.4 Å². The molecule has 0 atom stereocenters. The molecule has 9 nitrogen and oxygen atoms in total. The monoisotopic (exact) mass is 361 g/mol. The van der Waals surface area contributed by atoms with Gasteiger partial charge >= 0.3 is 0 Å². The number of nitrogens with one attached hydrogen (secondary N) is 4. The number of aromatic amines is 2. The molecule has 0 spiro atoms. The number of nitrogens with zero attached hydrogens (tertiary/aromatic N) is 2. The molecule has 0 aromatic carbocycles. The van der Waals surface area contributed by atoms with Crippen LogP contribution in [0.25, 0.3) is 0 Å². The number of aromatic nitrogens is 4. The highest BCUT2D eigenvalue weighted by Crippen LogP contribution is 2.03. The van der Waals surface area contributed by atoms with E-state index < -0.39 is 0 Å². The average Bonchev–Trinajstić information content (AvgIpc) is 3.32. The molecule has 9 heteroatoms. The van der Waals surface area contributed by atoms with Crippen LogP contribution in [-0.4, -0.2) is 50.9 Å². The Balaban J connectivity index is 1.47. The SMILES string of the molecule is NC(CCC(=O)NCCc1cnc[nH]1)CCC(=O)NCCc1cnc[nH]1. The van der Waals surface area contributed by atoms with Crippen molar-refractivity contribution < 1.29 is 9.59 Å². The standard InChI is InChI=1S/C17H27N7O2/c18-13(1-3-16(25)21-7-5-14-9-19-11-23-14)2-4-17(26)22-8-6-15-10-20-12-24-15/h9-13H,1-8,18H2,(H,19,23)(H,20,24)(H,21,25)(H,22,26). The molecule has 2 amide bonds. The van der Waals surface area contributed by atoms with Crippen LogP contribution >= 0.6 is 0 Å². The predicted molar refractivity (Wildman–Crippen MR) is 97.0 cm³/mol. The van der Waals surface area contributed by atoms with Gasteiger partial charge in [0, 0.05) is 68.6 Å². The molecular weight excluding hydrogens is 334 g/mol. The van der Waals surface area contributed by atoms with Gasteiger partial charge in [-0.15, -0.1) is 0 Å². The van der Waals surface area contributed by atoms with Gasteiger partial charge in [-0.1, -0.05) is 0 Å². The number of imidazole rings is 2. The van der Waals surface area contributed by atoms with E-state index in [0.29, 0.717) is 38.8 Å². The molecule has 0 radical (unpaired) electrons. The van der Waals surface area contributed by atoms with E-state index in [0.717, 1.165) is 24.2 Å². The third kappa shape index (κ3) is 7.93. The summed E-state index contributed by atoms with van der Waals surface area (Å²) in [4.78, 5) is 37.4. The van der Waals surface area contributed by atoms with Crippen LogP contribution in [0.15, 0.2) is 25.0 Å². The summed E-state index contributed by atoms with van der Waals surface area (Å²) >= 11 is 0. The van der Waals surface area contributed by atoms with Crippen molar-refractivity contribution in [1.29, 1.82) is 0 Å². The molecule has 26 heavy (non-hydrogen) atoms. The molecule has 0 fully saturated rings. The van der Waals surface area contributed by atoms with Gasteiger partial charge in [-0.05, 0) is 12.8 Å². The van der Waals surface area contributed by atoms with E-state index >= 15 is 0 Å². The first-order valence-electron chi connectivity index (χ1n) is 8.87. The van der Waals surface area contributed by atoms with Crippen LogP contribution in [0, 0.1) is 0 Å². The minimum absolute atomic E-state index is 0.0241. The Morgan fingerprint density at radius 1 is 0.923 bits per heavy atom. The number of H-pyrrole nitrogens is 2. The normalized spacial score (nSPS) is 10.8. The van der Waals surface area contributed by atoms with Crippen molar-refractivity contribution in [3.8, 4) is 0 Å². The summed E-state index contributed by atoms with van der Waals surface area (Å²) in [5.74, 6) is -0.0482. The Labute approximate surface area is 152 Å². The van der Waals surface area contributed by atoms with E-state index in [4.69, 9.17) is 5.73 Å². The summed E-state index contributed by atoms with van der Waals surface area (Å²) in [5.41, 5.74) is 7.97. The molecule has 0 aliphatic rings. The number of carbonyl (C=O) groups is 2. The number of amides is 2. The van der Waals surface area contributed by atoms with Gasteiger partial charge in [-0.25, -0.2) is 9.97 Å². The van der Waals surface area contributed by atoms with Crippen LogP contribution in [0.5, 0.6) is 0 Å². The van der Waals surface area contributed by atoms with Gasteiger partial charge in [0.05, 0.1) is 12.7 Å². The molecule has 0 saturated carbocycles. The Hall–Kier alpha value is -2.68. The number of hydrogen-bond donors (Lipinski definition) is 5. The first-order valence-corrected chi connectivity index (χ1v) is 8.87. The first kappa shape index (κ1) is 19.6. The summed E-state index contributed by atoms with van der Waals surface area (Å²) in [7, 11) is 0. The number of nitrogens with two attached hydrogens (primary N) is 1. The molecule has 2 rings (SSSR count). The molecule has 0 aliphatic carbocycles. The van der Waals surface area contributed by atoms with E-state index in [9.17, 15) is 9.59 Å². The Kier molecular flexibility index (Phi) is 8.34. The maximum absolute atomic E-state index is 11.8. The van der Waals surface area contributed by atoms with Gasteiger partial charge in [0.25, 0.3) is 0 Å². The van der Waals surface area contributed by atoms with Crippen LogP contribution in [0.1, 0.15) is 37.1 Å². The maximum atomic E-state index is 11.8. The van der Waals surface area contributed by atoms with Gasteiger partial charge in [0.2, 0.25) is 11.8 Å². The lowest BCUT2D eigenvalue weighted by molar-refractivity contribution is -0.121.